The predicted octanol–water partition coefficient (Wildman–Crippen LogP) is 2.58. The van der Waals surface area contributed by atoms with E-state index in [1.165, 1.54) is 19.3 Å². The molecule has 1 aromatic rings. The van der Waals surface area contributed by atoms with E-state index >= 15 is 0 Å². The lowest BCUT2D eigenvalue weighted by molar-refractivity contribution is 0.0669. The van der Waals surface area contributed by atoms with Crippen molar-refractivity contribution in [2.45, 2.75) is 51.6 Å². The lowest BCUT2D eigenvalue weighted by Crippen LogP contribution is -2.39. The number of carbonyl (C=O) groups excluding carboxylic acids is 1. The van der Waals surface area contributed by atoms with Crippen LogP contribution in [0.1, 0.15) is 55.1 Å². The molecule has 1 fully saturated rings. The Hall–Kier alpha value is -1.42. The summed E-state index contributed by atoms with van der Waals surface area (Å²) in [7, 11) is 1.90. The lowest BCUT2D eigenvalue weighted by Gasteiger charge is -2.34. The van der Waals surface area contributed by atoms with Gasteiger partial charge in [0.1, 0.15) is 5.69 Å². The summed E-state index contributed by atoms with van der Waals surface area (Å²) in [6, 6.07) is 4.02. The van der Waals surface area contributed by atoms with Crippen molar-refractivity contribution in [1.29, 1.82) is 0 Å². The topological polar surface area (TPSA) is 59.2 Å². The first-order valence-electron chi connectivity index (χ1n) is 7.57. The van der Waals surface area contributed by atoms with Gasteiger partial charge in [-0.05, 0) is 43.2 Å². The van der Waals surface area contributed by atoms with Crippen LogP contribution < -0.4 is 5.73 Å². The van der Waals surface area contributed by atoms with E-state index < -0.39 is 0 Å². The molecular formula is C16H25N3O. The number of hydrogen-bond donors (Lipinski definition) is 1. The van der Waals surface area contributed by atoms with E-state index in [0.29, 0.717) is 18.3 Å². The Labute approximate surface area is 121 Å². The van der Waals surface area contributed by atoms with Gasteiger partial charge in [0, 0.05) is 25.8 Å². The molecule has 1 saturated carbocycles. The van der Waals surface area contributed by atoms with Crippen molar-refractivity contribution in [3.05, 3.63) is 29.6 Å². The Morgan fingerprint density at radius 2 is 2.05 bits per heavy atom. The van der Waals surface area contributed by atoms with Crippen molar-refractivity contribution in [2.75, 3.05) is 7.05 Å². The van der Waals surface area contributed by atoms with Crippen LogP contribution in [0.25, 0.3) is 0 Å². The second-order valence-electron chi connectivity index (χ2n) is 5.75. The Kier molecular flexibility index (Phi) is 5.12. The molecule has 1 aliphatic carbocycles. The summed E-state index contributed by atoms with van der Waals surface area (Å²) in [6.45, 7) is 2.71. The molecule has 1 aliphatic rings. The smallest absolute Gasteiger partial charge is 0.272 e. The fraction of sp³-hybridized carbons (Fsp3) is 0.625. The van der Waals surface area contributed by atoms with Crippen molar-refractivity contribution in [2.24, 2.45) is 11.7 Å². The van der Waals surface area contributed by atoms with Gasteiger partial charge in [0.2, 0.25) is 0 Å². The van der Waals surface area contributed by atoms with Gasteiger partial charge in [0.25, 0.3) is 5.91 Å². The van der Waals surface area contributed by atoms with Gasteiger partial charge in [-0.2, -0.15) is 0 Å². The first-order chi connectivity index (χ1) is 9.65. The van der Waals surface area contributed by atoms with E-state index in [0.717, 1.165) is 24.3 Å². The second kappa shape index (κ2) is 6.84. The maximum atomic E-state index is 12.4. The lowest BCUT2D eigenvalue weighted by atomic mass is 9.84. The van der Waals surface area contributed by atoms with Crippen LogP contribution in [0.5, 0.6) is 0 Å². The maximum Gasteiger partial charge on any atom is 0.272 e. The number of hydrogen-bond acceptors (Lipinski definition) is 3. The van der Waals surface area contributed by atoms with Gasteiger partial charge in [-0.25, -0.2) is 0 Å². The van der Waals surface area contributed by atoms with Gasteiger partial charge < -0.3 is 10.6 Å². The summed E-state index contributed by atoms with van der Waals surface area (Å²) in [4.78, 5) is 18.5. The molecule has 2 N–H and O–H groups in total. The van der Waals surface area contributed by atoms with Gasteiger partial charge in [-0.1, -0.05) is 19.4 Å². The standard InChI is InChI=1S/C16H25N3O/c1-3-12-4-7-14(8-5-12)19(2)16(20)15-9-6-13(10-17)11-18-15/h6,9,11-12,14H,3-5,7-8,10,17H2,1-2H3. The van der Waals surface area contributed by atoms with Crippen molar-refractivity contribution >= 4 is 5.91 Å². The first-order valence-corrected chi connectivity index (χ1v) is 7.57. The monoisotopic (exact) mass is 275 g/mol. The Bertz CT molecular complexity index is 436. The number of aromatic nitrogens is 1. The van der Waals surface area contributed by atoms with Crippen molar-refractivity contribution < 1.29 is 4.79 Å². The molecule has 0 atom stereocenters. The number of pyridine rings is 1. The van der Waals surface area contributed by atoms with E-state index in [4.69, 9.17) is 5.73 Å². The SMILES string of the molecule is CCC1CCC(N(C)C(=O)c2ccc(CN)cn2)CC1. The molecule has 20 heavy (non-hydrogen) atoms. The quantitative estimate of drug-likeness (QED) is 0.918. The number of rotatable bonds is 4. The molecule has 0 bridgehead atoms. The van der Waals surface area contributed by atoms with Gasteiger partial charge in [-0.3, -0.25) is 9.78 Å². The molecule has 0 aromatic carbocycles. The van der Waals surface area contributed by atoms with Crippen molar-refractivity contribution in [1.82, 2.24) is 9.88 Å². The zero-order valence-corrected chi connectivity index (χ0v) is 12.5. The molecule has 2 rings (SSSR count). The van der Waals surface area contributed by atoms with Crippen LogP contribution in [0.15, 0.2) is 18.3 Å². The minimum Gasteiger partial charge on any atom is -0.337 e. The summed E-state index contributed by atoms with van der Waals surface area (Å²) in [5.74, 6) is 0.866. The van der Waals surface area contributed by atoms with Crippen LogP contribution in [0.2, 0.25) is 0 Å². The van der Waals surface area contributed by atoms with E-state index in [9.17, 15) is 4.79 Å². The third kappa shape index (κ3) is 3.37. The first kappa shape index (κ1) is 15.0. The molecule has 1 aromatic heterocycles. The zero-order chi connectivity index (χ0) is 14.5. The van der Waals surface area contributed by atoms with Gasteiger partial charge in [0.05, 0.1) is 0 Å². The van der Waals surface area contributed by atoms with Crippen LogP contribution in [-0.4, -0.2) is 28.9 Å². The molecule has 110 valence electrons. The van der Waals surface area contributed by atoms with Crippen LogP contribution >= 0.6 is 0 Å². The Morgan fingerprint density at radius 3 is 2.55 bits per heavy atom. The number of amides is 1. The van der Waals surface area contributed by atoms with Gasteiger partial charge in [0.15, 0.2) is 0 Å². The summed E-state index contributed by atoms with van der Waals surface area (Å²) in [5, 5.41) is 0. The molecule has 0 saturated heterocycles. The van der Waals surface area contributed by atoms with Gasteiger partial charge in [-0.15, -0.1) is 0 Å². The second-order valence-corrected chi connectivity index (χ2v) is 5.75. The minimum absolute atomic E-state index is 0.0218. The fourth-order valence-corrected chi connectivity index (χ4v) is 2.96. The number of nitrogens with two attached hydrogens (primary N) is 1. The molecule has 0 aliphatic heterocycles. The molecule has 0 unspecified atom stereocenters. The summed E-state index contributed by atoms with van der Waals surface area (Å²) in [5.41, 5.74) is 7.01. The third-order valence-electron chi connectivity index (χ3n) is 4.54. The largest absolute Gasteiger partial charge is 0.337 e. The van der Waals surface area contributed by atoms with E-state index in [1.807, 2.05) is 18.0 Å². The van der Waals surface area contributed by atoms with Crippen LogP contribution in [0.4, 0.5) is 0 Å². The molecule has 0 radical (unpaired) electrons. The van der Waals surface area contributed by atoms with Crippen molar-refractivity contribution in [3.63, 3.8) is 0 Å². The molecule has 4 nitrogen and oxygen atoms in total. The highest BCUT2D eigenvalue weighted by atomic mass is 16.2. The highest BCUT2D eigenvalue weighted by molar-refractivity contribution is 5.92. The molecule has 4 heteroatoms. The van der Waals surface area contributed by atoms with Gasteiger partial charge >= 0.3 is 0 Å². The highest BCUT2D eigenvalue weighted by Crippen LogP contribution is 2.29. The minimum atomic E-state index is 0.0218. The number of carbonyl (C=O) groups is 1. The van der Waals surface area contributed by atoms with Crippen LogP contribution in [0, 0.1) is 5.92 Å². The highest BCUT2D eigenvalue weighted by Gasteiger charge is 2.26. The molecule has 1 heterocycles. The predicted molar refractivity (Wildman–Crippen MR) is 80.3 cm³/mol. The van der Waals surface area contributed by atoms with Crippen LogP contribution in [0.3, 0.4) is 0 Å². The summed E-state index contributed by atoms with van der Waals surface area (Å²) < 4.78 is 0. The van der Waals surface area contributed by atoms with E-state index in [1.54, 1.807) is 12.3 Å². The molecule has 0 spiro atoms. The summed E-state index contributed by atoms with van der Waals surface area (Å²) in [6.07, 6.45) is 7.64. The average Bonchev–Trinajstić information content (AvgIpc) is 2.53. The third-order valence-corrected chi connectivity index (χ3v) is 4.54. The number of nitrogens with zero attached hydrogens (tertiary/aromatic N) is 2. The average molecular weight is 275 g/mol. The van der Waals surface area contributed by atoms with Crippen LogP contribution in [-0.2, 0) is 6.54 Å². The Balaban J connectivity index is 1.97. The normalized spacial score (nSPS) is 22.6. The summed E-state index contributed by atoms with van der Waals surface area (Å²) >= 11 is 0. The Morgan fingerprint density at radius 1 is 1.35 bits per heavy atom. The molecular weight excluding hydrogens is 250 g/mol. The molecule has 1 amide bonds. The maximum absolute atomic E-state index is 12.4. The zero-order valence-electron chi connectivity index (χ0n) is 12.5. The fourth-order valence-electron chi connectivity index (χ4n) is 2.96. The van der Waals surface area contributed by atoms with E-state index in [2.05, 4.69) is 11.9 Å². The van der Waals surface area contributed by atoms with Crippen molar-refractivity contribution in [3.8, 4) is 0 Å². The van der Waals surface area contributed by atoms with E-state index in [-0.39, 0.29) is 5.91 Å².